The normalized spacial score (nSPS) is 18.4. The summed E-state index contributed by atoms with van der Waals surface area (Å²) in [7, 11) is 0. The quantitative estimate of drug-likeness (QED) is 0.875. The van der Waals surface area contributed by atoms with Crippen molar-refractivity contribution < 1.29 is 19.1 Å². The maximum Gasteiger partial charge on any atom is 0.321 e. The average Bonchev–Trinajstić information content (AvgIpc) is 2.83. The second kappa shape index (κ2) is 5.56. The molecule has 2 amide bonds. The number of hydrogen-bond acceptors (Lipinski definition) is 2. The Morgan fingerprint density at radius 3 is 2.84 bits per heavy atom. The van der Waals surface area contributed by atoms with Gasteiger partial charge in [-0.2, -0.15) is 0 Å². The van der Waals surface area contributed by atoms with Crippen LogP contribution in [0.2, 0.25) is 0 Å². The lowest BCUT2D eigenvalue weighted by atomic mass is 10.1. The minimum Gasteiger partial charge on any atom is -0.481 e. The minimum atomic E-state index is -0.913. The molecule has 1 heterocycles. The molecule has 1 aliphatic rings. The number of carbonyl (C=O) groups is 2. The van der Waals surface area contributed by atoms with Crippen LogP contribution in [0, 0.1) is 11.7 Å². The van der Waals surface area contributed by atoms with Gasteiger partial charge in [0.05, 0.1) is 11.6 Å². The summed E-state index contributed by atoms with van der Waals surface area (Å²) in [6.45, 7) is 0.509. The fourth-order valence-electron chi connectivity index (χ4n) is 1.93. The summed E-state index contributed by atoms with van der Waals surface area (Å²) in [6.07, 6.45) is 0.420. The number of amides is 2. The molecule has 1 aromatic carbocycles. The van der Waals surface area contributed by atoms with Gasteiger partial charge in [-0.1, -0.05) is 15.9 Å². The van der Waals surface area contributed by atoms with Crippen LogP contribution in [0.25, 0.3) is 0 Å². The van der Waals surface area contributed by atoms with E-state index in [0.29, 0.717) is 17.4 Å². The lowest BCUT2D eigenvalue weighted by molar-refractivity contribution is -0.141. The lowest BCUT2D eigenvalue weighted by Gasteiger charge is -2.17. The fraction of sp³-hybridized carbons (Fsp3) is 0.333. The number of carboxylic acid groups (broad SMARTS) is 1. The third-order valence-electron chi connectivity index (χ3n) is 2.99. The number of carbonyl (C=O) groups excluding carboxylic acids is 1. The molecule has 0 aromatic heterocycles. The van der Waals surface area contributed by atoms with Crippen molar-refractivity contribution in [2.24, 2.45) is 5.92 Å². The van der Waals surface area contributed by atoms with E-state index in [1.165, 1.54) is 23.1 Å². The highest BCUT2D eigenvalue weighted by Gasteiger charge is 2.31. The van der Waals surface area contributed by atoms with E-state index in [0.717, 1.165) is 0 Å². The van der Waals surface area contributed by atoms with E-state index in [1.54, 1.807) is 0 Å². The number of nitrogens with zero attached hydrogens (tertiary/aromatic N) is 1. The molecule has 1 atom stereocenters. The van der Waals surface area contributed by atoms with E-state index >= 15 is 0 Å². The van der Waals surface area contributed by atoms with Gasteiger partial charge in [0.1, 0.15) is 5.82 Å². The third kappa shape index (κ3) is 3.23. The first-order valence-corrected chi connectivity index (χ1v) is 6.50. The summed E-state index contributed by atoms with van der Waals surface area (Å²) >= 11 is 3.19. The van der Waals surface area contributed by atoms with E-state index in [1.807, 2.05) is 0 Å². The Hall–Kier alpha value is -1.63. The molecule has 7 heteroatoms. The Bertz CT molecular complexity index is 524. The molecule has 0 radical (unpaired) electrons. The van der Waals surface area contributed by atoms with Crippen molar-refractivity contribution >= 4 is 33.6 Å². The highest BCUT2D eigenvalue weighted by atomic mass is 79.9. The van der Waals surface area contributed by atoms with Gasteiger partial charge in [-0.25, -0.2) is 9.18 Å². The number of urea groups is 1. The summed E-state index contributed by atoms with van der Waals surface area (Å²) in [5.74, 6) is -1.99. The zero-order valence-electron chi connectivity index (χ0n) is 9.90. The van der Waals surface area contributed by atoms with Gasteiger partial charge in [-0.3, -0.25) is 4.79 Å². The number of anilines is 1. The average molecular weight is 331 g/mol. The molecule has 1 aromatic rings. The molecule has 0 bridgehead atoms. The molecule has 0 saturated carbocycles. The molecule has 2 rings (SSSR count). The highest BCUT2D eigenvalue weighted by Crippen LogP contribution is 2.22. The number of rotatable bonds is 2. The van der Waals surface area contributed by atoms with Crippen LogP contribution in [-0.2, 0) is 4.79 Å². The molecular weight excluding hydrogens is 319 g/mol. The van der Waals surface area contributed by atoms with E-state index in [9.17, 15) is 14.0 Å². The van der Waals surface area contributed by atoms with Crippen molar-refractivity contribution in [2.45, 2.75) is 6.42 Å². The van der Waals surface area contributed by atoms with Gasteiger partial charge in [0.15, 0.2) is 0 Å². The van der Waals surface area contributed by atoms with Crippen LogP contribution >= 0.6 is 15.9 Å². The molecule has 5 nitrogen and oxygen atoms in total. The van der Waals surface area contributed by atoms with Crippen LogP contribution in [0.3, 0.4) is 0 Å². The molecule has 1 fully saturated rings. The summed E-state index contributed by atoms with van der Waals surface area (Å²) in [6, 6.07) is 3.74. The minimum absolute atomic E-state index is 0.0677. The lowest BCUT2D eigenvalue weighted by Crippen LogP contribution is -2.34. The van der Waals surface area contributed by atoms with Crippen LogP contribution < -0.4 is 5.32 Å². The number of likely N-dealkylation sites (tertiary alicyclic amines) is 1. The maximum atomic E-state index is 13.5. The Balaban J connectivity index is 2.02. The van der Waals surface area contributed by atoms with Gasteiger partial charge in [0.2, 0.25) is 0 Å². The summed E-state index contributed by atoms with van der Waals surface area (Å²) in [4.78, 5) is 24.1. The van der Waals surface area contributed by atoms with Crippen LogP contribution in [0.5, 0.6) is 0 Å². The zero-order valence-corrected chi connectivity index (χ0v) is 11.5. The Kier molecular flexibility index (Phi) is 4.04. The van der Waals surface area contributed by atoms with E-state index in [-0.39, 0.29) is 12.2 Å². The first kappa shape index (κ1) is 13.8. The number of aliphatic carboxylic acids is 1. The van der Waals surface area contributed by atoms with Crippen molar-refractivity contribution in [3.8, 4) is 0 Å². The van der Waals surface area contributed by atoms with Crippen LogP contribution in [-0.4, -0.2) is 35.1 Å². The van der Waals surface area contributed by atoms with E-state index < -0.39 is 23.7 Å². The maximum absolute atomic E-state index is 13.5. The van der Waals surface area contributed by atoms with Crippen molar-refractivity contribution in [3.63, 3.8) is 0 Å². The van der Waals surface area contributed by atoms with Crippen molar-refractivity contribution in [1.82, 2.24) is 4.90 Å². The second-order valence-electron chi connectivity index (χ2n) is 4.32. The number of nitrogens with one attached hydrogen (secondary N) is 1. The molecule has 1 unspecified atom stereocenters. The molecular formula is C12H12BrFN2O3. The standard InChI is InChI=1S/C12H12BrFN2O3/c13-8-1-2-9(14)10(5-8)15-12(19)16-4-3-7(6-16)11(17)18/h1-2,5,7H,3-4,6H2,(H,15,19)(H,17,18). The monoisotopic (exact) mass is 330 g/mol. The van der Waals surface area contributed by atoms with Gasteiger partial charge in [-0.15, -0.1) is 0 Å². The van der Waals surface area contributed by atoms with Crippen LogP contribution in [0.15, 0.2) is 22.7 Å². The van der Waals surface area contributed by atoms with E-state index in [4.69, 9.17) is 5.11 Å². The van der Waals surface area contributed by atoms with Gasteiger partial charge >= 0.3 is 12.0 Å². The van der Waals surface area contributed by atoms with Crippen LogP contribution in [0.4, 0.5) is 14.9 Å². The predicted octanol–water partition coefficient (Wildman–Crippen LogP) is 2.53. The zero-order chi connectivity index (χ0) is 14.0. The van der Waals surface area contributed by atoms with Crippen molar-refractivity contribution in [3.05, 3.63) is 28.5 Å². The molecule has 1 aliphatic heterocycles. The van der Waals surface area contributed by atoms with Crippen LogP contribution in [0.1, 0.15) is 6.42 Å². The second-order valence-corrected chi connectivity index (χ2v) is 5.24. The number of hydrogen-bond donors (Lipinski definition) is 2. The summed E-state index contributed by atoms with van der Waals surface area (Å²) < 4.78 is 14.1. The Morgan fingerprint density at radius 2 is 2.21 bits per heavy atom. The van der Waals surface area contributed by atoms with Gasteiger partial charge in [0, 0.05) is 17.6 Å². The topological polar surface area (TPSA) is 69.6 Å². The predicted molar refractivity (Wildman–Crippen MR) is 70.4 cm³/mol. The first-order valence-electron chi connectivity index (χ1n) is 5.71. The number of halogens is 2. The fourth-order valence-corrected chi connectivity index (χ4v) is 2.29. The first-order chi connectivity index (χ1) is 8.97. The largest absolute Gasteiger partial charge is 0.481 e. The van der Waals surface area contributed by atoms with Gasteiger partial charge < -0.3 is 15.3 Å². The molecule has 0 aliphatic carbocycles. The molecule has 1 saturated heterocycles. The highest BCUT2D eigenvalue weighted by molar-refractivity contribution is 9.10. The summed E-state index contributed by atoms with van der Waals surface area (Å²) in [5.41, 5.74) is 0.0677. The summed E-state index contributed by atoms with van der Waals surface area (Å²) in [5, 5.41) is 11.3. The Labute approximate surface area is 117 Å². The van der Waals surface area contributed by atoms with E-state index in [2.05, 4.69) is 21.2 Å². The Morgan fingerprint density at radius 1 is 1.47 bits per heavy atom. The molecule has 2 N–H and O–H groups in total. The number of benzene rings is 1. The van der Waals surface area contributed by atoms with Gasteiger partial charge in [0.25, 0.3) is 0 Å². The SMILES string of the molecule is O=C(O)C1CCN(C(=O)Nc2cc(Br)ccc2F)C1. The molecule has 19 heavy (non-hydrogen) atoms. The molecule has 102 valence electrons. The van der Waals surface area contributed by atoms with Crippen molar-refractivity contribution in [2.75, 3.05) is 18.4 Å². The molecule has 0 spiro atoms. The smallest absolute Gasteiger partial charge is 0.321 e. The third-order valence-corrected chi connectivity index (χ3v) is 3.49. The van der Waals surface area contributed by atoms with Gasteiger partial charge in [-0.05, 0) is 24.6 Å². The van der Waals surface area contributed by atoms with Crippen molar-refractivity contribution in [1.29, 1.82) is 0 Å². The number of carboxylic acids is 1.